The van der Waals surface area contributed by atoms with E-state index in [1.54, 1.807) is 0 Å². The van der Waals surface area contributed by atoms with Gasteiger partial charge >= 0.3 is 11.9 Å². The highest BCUT2D eigenvalue weighted by molar-refractivity contribution is 5.74. The summed E-state index contributed by atoms with van der Waals surface area (Å²) >= 11 is 0. The van der Waals surface area contributed by atoms with Crippen LogP contribution >= 0.6 is 0 Å². The normalized spacial score (nSPS) is 15.5. The quantitative estimate of drug-likeness (QED) is 0.605. The van der Waals surface area contributed by atoms with E-state index in [0.29, 0.717) is 0 Å². The predicted octanol–water partition coefficient (Wildman–Crippen LogP) is -0.0508. The minimum atomic E-state index is -1.17. The number of ether oxygens (including phenoxy) is 1. The smallest absolute Gasteiger partial charge is 0.332 e. The largest absolute Gasteiger partial charge is 0.479 e. The second-order valence-electron chi connectivity index (χ2n) is 2.10. The summed E-state index contributed by atoms with van der Waals surface area (Å²) in [6, 6.07) is 0. The highest BCUT2D eigenvalue weighted by atomic mass is 16.5. The Morgan fingerprint density at radius 2 is 1.36 bits per heavy atom. The lowest BCUT2D eigenvalue weighted by Gasteiger charge is -2.11. The number of carbonyl (C=O) groups is 2. The van der Waals surface area contributed by atoms with Gasteiger partial charge in [0, 0.05) is 0 Å². The van der Waals surface area contributed by atoms with Crippen LogP contribution < -0.4 is 0 Å². The first-order valence-electron chi connectivity index (χ1n) is 3.06. The summed E-state index contributed by atoms with van der Waals surface area (Å²) in [5.74, 6) is -2.34. The maximum absolute atomic E-state index is 10.1. The Labute approximate surface area is 63.6 Å². The molecule has 0 amide bonds. The van der Waals surface area contributed by atoms with Crippen LogP contribution in [-0.4, -0.2) is 34.4 Å². The topological polar surface area (TPSA) is 83.8 Å². The van der Waals surface area contributed by atoms with Crippen molar-refractivity contribution in [3.8, 4) is 0 Å². The zero-order valence-corrected chi connectivity index (χ0v) is 6.27. The van der Waals surface area contributed by atoms with Crippen molar-refractivity contribution in [1.29, 1.82) is 0 Å². The van der Waals surface area contributed by atoms with Crippen LogP contribution in [0.25, 0.3) is 0 Å². The lowest BCUT2D eigenvalue weighted by Crippen LogP contribution is -2.29. The second kappa shape index (κ2) is 3.92. The Hall–Kier alpha value is -1.10. The van der Waals surface area contributed by atoms with Crippen LogP contribution in [-0.2, 0) is 14.3 Å². The Morgan fingerprint density at radius 1 is 1.09 bits per heavy atom. The van der Waals surface area contributed by atoms with E-state index >= 15 is 0 Å². The highest BCUT2D eigenvalue weighted by Gasteiger charge is 2.19. The lowest BCUT2D eigenvalue weighted by atomic mass is 10.3. The molecule has 0 aliphatic rings. The summed E-state index contributed by atoms with van der Waals surface area (Å²) in [6.07, 6.45) is -2.16. The highest BCUT2D eigenvalue weighted by Crippen LogP contribution is 1.97. The third kappa shape index (κ3) is 3.57. The van der Waals surface area contributed by atoms with Gasteiger partial charge in [0.2, 0.25) is 0 Å². The van der Waals surface area contributed by atoms with Crippen molar-refractivity contribution in [2.75, 3.05) is 0 Å². The summed E-state index contributed by atoms with van der Waals surface area (Å²) in [7, 11) is 0. The van der Waals surface area contributed by atoms with Crippen molar-refractivity contribution in [1.82, 2.24) is 0 Å². The molecule has 5 nitrogen and oxygen atoms in total. The minimum absolute atomic E-state index is 1.08. The number of hydrogen-bond acceptors (Lipinski definition) is 3. The maximum Gasteiger partial charge on any atom is 0.332 e. The van der Waals surface area contributed by atoms with E-state index in [1.165, 1.54) is 13.8 Å². The number of rotatable bonds is 4. The SMILES string of the molecule is C[C@H](O[C@H](C)C(=O)O)C(=O)O. The molecule has 0 saturated heterocycles. The molecule has 0 radical (unpaired) electrons. The number of carboxylic acid groups (broad SMARTS) is 2. The van der Waals surface area contributed by atoms with Gasteiger partial charge in [-0.3, -0.25) is 0 Å². The molecule has 0 aromatic heterocycles. The van der Waals surface area contributed by atoms with Gasteiger partial charge in [-0.05, 0) is 13.8 Å². The van der Waals surface area contributed by atoms with Gasteiger partial charge in [-0.2, -0.15) is 0 Å². The molecular formula is C6H10O5. The van der Waals surface area contributed by atoms with Gasteiger partial charge in [0.1, 0.15) is 0 Å². The zero-order chi connectivity index (χ0) is 9.02. The van der Waals surface area contributed by atoms with Gasteiger partial charge in [-0.1, -0.05) is 0 Å². The fourth-order valence-corrected chi connectivity index (χ4v) is 0.423. The molecule has 64 valence electrons. The Kier molecular flexibility index (Phi) is 3.53. The molecule has 0 spiro atoms. The van der Waals surface area contributed by atoms with Crippen LogP contribution in [0.2, 0.25) is 0 Å². The second-order valence-corrected chi connectivity index (χ2v) is 2.10. The summed E-state index contributed by atoms with van der Waals surface area (Å²) in [6.45, 7) is 2.56. The zero-order valence-electron chi connectivity index (χ0n) is 6.27. The fraction of sp³-hybridized carbons (Fsp3) is 0.667. The van der Waals surface area contributed by atoms with Crippen LogP contribution in [0.4, 0.5) is 0 Å². The molecule has 11 heavy (non-hydrogen) atoms. The Bertz CT molecular complexity index is 146. The molecule has 0 saturated carbocycles. The third-order valence-electron chi connectivity index (χ3n) is 1.10. The number of hydrogen-bond donors (Lipinski definition) is 2. The number of aliphatic carboxylic acids is 2. The van der Waals surface area contributed by atoms with Crippen LogP contribution in [0.5, 0.6) is 0 Å². The molecule has 0 fully saturated rings. The first-order chi connectivity index (χ1) is 4.95. The monoisotopic (exact) mass is 162 g/mol. The first kappa shape index (κ1) is 9.90. The molecule has 0 unspecified atom stereocenters. The first-order valence-corrected chi connectivity index (χ1v) is 3.06. The standard InChI is InChI=1S/C6H10O5/c1-3(5(7)8)11-4(2)6(9)10/h3-4H,1-2H3,(H,7,8)(H,9,10)/t3-,4+. The van der Waals surface area contributed by atoms with Gasteiger partial charge < -0.3 is 14.9 Å². The van der Waals surface area contributed by atoms with E-state index in [2.05, 4.69) is 4.74 Å². The van der Waals surface area contributed by atoms with E-state index in [4.69, 9.17) is 10.2 Å². The van der Waals surface area contributed by atoms with Crippen LogP contribution in [0.3, 0.4) is 0 Å². The van der Waals surface area contributed by atoms with Crippen molar-refractivity contribution >= 4 is 11.9 Å². The molecule has 0 aliphatic heterocycles. The lowest BCUT2D eigenvalue weighted by molar-refractivity contribution is -0.162. The van der Waals surface area contributed by atoms with Crippen molar-refractivity contribution < 1.29 is 24.5 Å². The summed E-state index contributed by atoms with van der Waals surface area (Å²) in [5, 5.41) is 16.6. The molecule has 0 aliphatic carbocycles. The average Bonchev–Trinajstić information content (AvgIpc) is 1.87. The van der Waals surface area contributed by atoms with E-state index < -0.39 is 24.1 Å². The number of carboxylic acids is 2. The predicted molar refractivity (Wildman–Crippen MR) is 35.3 cm³/mol. The van der Waals surface area contributed by atoms with Crippen molar-refractivity contribution in [2.24, 2.45) is 0 Å². The Balaban J connectivity index is 3.84. The molecule has 5 heteroatoms. The molecule has 0 heterocycles. The van der Waals surface area contributed by atoms with Crippen LogP contribution in [0.15, 0.2) is 0 Å². The molecular weight excluding hydrogens is 152 g/mol. The van der Waals surface area contributed by atoms with E-state index in [0.717, 1.165) is 0 Å². The van der Waals surface area contributed by atoms with Crippen molar-refractivity contribution in [3.63, 3.8) is 0 Å². The van der Waals surface area contributed by atoms with Gasteiger partial charge in [0.15, 0.2) is 12.2 Å². The van der Waals surface area contributed by atoms with Crippen LogP contribution in [0.1, 0.15) is 13.8 Å². The fourth-order valence-electron chi connectivity index (χ4n) is 0.423. The van der Waals surface area contributed by atoms with Gasteiger partial charge in [0.25, 0.3) is 0 Å². The van der Waals surface area contributed by atoms with Crippen molar-refractivity contribution in [2.45, 2.75) is 26.1 Å². The maximum atomic E-state index is 10.1. The molecule has 0 rings (SSSR count). The average molecular weight is 162 g/mol. The summed E-state index contributed by atoms with van der Waals surface area (Å²) in [4.78, 5) is 20.3. The molecule has 0 aromatic rings. The van der Waals surface area contributed by atoms with Gasteiger partial charge in [-0.15, -0.1) is 0 Å². The van der Waals surface area contributed by atoms with Gasteiger partial charge in [0.05, 0.1) is 0 Å². The van der Waals surface area contributed by atoms with E-state index in [9.17, 15) is 9.59 Å². The molecule has 2 N–H and O–H groups in total. The third-order valence-corrected chi connectivity index (χ3v) is 1.10. The molecule has 2 atom stereocenters. The summed E-state index contributed by atoms with van der Waals surface area (Å²) < 4.78 is 4.57. The van der Waals surface area contributed by atoms with Gasteiger partial charge in [-0.25, -0.2) is 9.59 Å². The summed E-state index contributed by atoms with van der Waals surface area (Å²) in [5.41, 5.74) is 0. The van der Waals surface area contributed by atoms with E-state index in [-0.39, 0.29) is 0 Å². The van der Waals surface area contributed by atoms with E-state index in [1.807, 2.05) is 0 Å². The molecule has 0 aromatic carbocycles. The van der Waals surface area contributed by atoms with Crippen LogP contribution in [0, 0.1) is 0 Å². The van der Waals surface area contributed by atoms with Crippen molar-refractivity contribution in [3.05, 3.63) is 0 Å². The minimum Gasteiger partial charge on any atom is -0.479 e. The Morgan fingerprint density at radius 3 is 1.55 bits per heavy atom. The molecule has 0 bridgehead atoms.